The van der Waals surface area contributed by atoms with Crippen molar-refractivity contribution in [2.45, 2.75) is 46.5 Å². The third-order valence-corrected chi connectivity index (χ3v) is 3.68. The maximum atomic E-state index is 5.76. The van der Waals surface area contributed by atoms with Crippen molar-refractivity contribution in [1.82, 2.24) is 15.0 Å². The van der Waals surface area contributed by atoms with Gasteiger partial charge < -0.3 is 15.4 Å². The summed E-state index contributed by atoms with van der Waals surface area (Å²) in [6.07, 6.45) is 4.41. The van der Waals surface area contributed by atoms with Gasteiger partial charge in [-0.3, -0.25) is 0 Å². The van der Waals surface area contributed by atoms with Crippen LogP contribution in [0.2, 0.25) is 0 Å². The van der Waals surface area contributed by atoms with Crippen LogP contribution in [0.15, 0.2) is 0 Å². The number of anilines is 2. The zero-order valence-electron chi connectivity index (χ0n) is 12.7. The minimum absolute atomic E-state index is 0.226. The van der Waals surface area contributed by atoms with Crippen LogP contribution >= 0.6 is 0 Å². The minimum atomic E-state index is 0.226. The van der Waals surface area contributed by atoms with E-state index in [4.69, 9.17) is 10.5 Å². The zero-order chi connectivity index (χ0) is 14.6. The van der Waals surface area contributed by atoms with Gasteiger partial charge in [-0.1, -0.05) is 20.8 Å². The molecular formula is C14H25N5O. The van der Waals surface area contributed by atoms with Gasteiger partial charge in [0.25, 0.3) is 0 Å². The lowest BCUT2D eigenvalue weighted by Crippen LogP contribution is -2.27. The SMILES string of the molecule is CCCOc1nc(N)nc(N2CCCC(C)(C)CC2)n1. The normalized spacial score (nSPS) is 18.6. The highest BCUT2D eigenvalue weighted by Crippen LogP contribution is 2.31. The van der Waals surface area contributed by atoms with Crippen LogP contribution in [-0.4, -0.2) is 34.6 Å². The van der Waals surface area contributed by atoms with Gasteiger partial charge in [-0.05, 0) is 31.1 Å². The molecule has 0 amide bonds. The van der Waals surface area contributed by atoms with E-state index < -0.39 is 0 Å². The molecule has 1 saturated heterocycles. The predicted molar refractivity (Wildman–Crippen MR) is 79.9 cm³/mol. The number of nitrogens with zero attached hydrogens (tertiary/aromatic N) is 4. The Kier molecular flexibility index (Phi) is 4.62. The average molecular weight is 279 g/mol. The number of rotatable bonds is 4. The smallest absolute Gasteiger partial charge is 0.323 e. The Bertz CT molecular complexity index is 449. The molecule has 1 fully saturated rings. The van der Waals surface area contributed by atoms with Crippen molar-refractivity contribution in [2.75, 3.05) is 30.3 Å². The molecule has 0 unspecified atom stereocenters. The van der Waals surface area contributed by atoms with Crippen LogP contribution < -0.4 is 15.4 Å². The lowest BCUT2D eigenvalue weighted by molar-refractivity contribution is 0.292. The summed E-state index contributed by atoms with van der Waals surface area (Å²) in [6.45, 7) is 9.17. The monoisotopic (exact) mass is 279 g/mol. The summed E-state index contributed by atoms with van der Waals surface area (Å²) in [7, 11) is 0. The van der Waals surface area contributed by atoms with Crippen LogP contribution in [0.5, 0.6) is 6.01 Å². The molecule has 2 N–H and O–H groups in total. The van der Waals surface area contributed by atoms with E-state index in [0.717, 1.165) is 32.4 Å². The van der Waals surface area contributed by atoms with Crippen molar-refractivity contribution in [3.63, 3.8) is 0 Å². The molecule has 20 heavy (non-hydrogen) atoms. The molecule has 1 aliphatic rings. The second-order valence-electron chi connectivity index (χ2n) is 6.13. The van der Waals surface area contributed by atoms with Crippen LogP contribution in [0, 0.1) is 5.41 Å². The van der Waals surface area contributed by atoms with Crippen LogP contribution in [0.4, 0.5) is 11.9 Å². The number of hydrogen-bond acceptors (Lipinski definition) is 6. The molecular weight excluding hydrogens is 254 g/mol. The van der Waals surface area contributed by atoms with Gasteiger partial charge in [0.15, 0.2) is 0 Å². The van der Waals surface area contributed by atoms with Gasteiger partial charge in [-0.25, -0.2) is 0 Å². The first kappa shape index (κ1) is 14.8. The third-order valence-electron chi connectivity index (χ3n) is 3.68. The number of nitrogen functional groups attached to an aromatic ring is 1. The van der Waals surface area contributed by atoms with Gasteiger partial charge >= 0.3 is 6.01 Å². The highest BCUT2D eigenvalue weighted by atomic mass is 16.5. The number of aromatic nitrogens is 3. The number of hydrogen-bond donors (Lipinski definition) is 1. The van der Waals surface area contributed by atoms with E-state index in [1.807, 2.05) is 6.92 Å². The highest BCUT2D eigenvalue weighted by molar-refractivity contribution is 5.36. The largest absolute Gasteiger partial charge is 0.463 e. The molecule has 0 spiro atoms. The van der Waals surface area contributed by atoms with Gasteiger partial charge in [-0.15, -0.1) is 0 Å². The lowest BCUT2D eigenvalue weighted by atomic mass is 9.85. The maximum Gasteiger partial charge on any atom is 0.323 e. The third kappa shape index (κ3) is 3.95. The summed E-state index contributed by atoms with van der Waals surface area (Å²) < 4.78 is 5.47. The Morgan fingerprint density at radius 1 is 1.20 bits per heavy atom. The second kappa shape index (κ2) is 6.24. The molecule has 6 nitrogen and oxygen atoms in total. The molecule has 2 rings (SSSR count). The van der Waals surface area contributed by atoms with Crippen LogP contribution in [0.3, 0.4) is 0 Å². The molecule has 1 aliphatic heterocycles. The van der Waals surface area contributed by atoms with Gasteiger partial charge in [0.2, 0.25) is 11.9 Å². The van der Waals surface area contributed by atoms with E-state index in [1.165, 1.54) is 6.42 Å². The molecule has 1 aromatic rings. The molecule has 1 aromatic heterocycles. The molecule has 0 saturated carbocycles. The molecule has 2 heterocycles. The Hall–Kier alpha value is -1.59. The fourth-order valence-electron chi connectivity index (χ4n) is 2.38. The summed E-state index contributed by atoms with van der Waals surface area (Å²) in [5.74, 6) is 0.867. The summed E-state index contributed by atoms with van der Waals surface area (Å²) in [5, 5.41) is 0. The fraction of sp³-hybridized carbons (Fsp3) is 0.786. The van der Waals surface area contributed by atoms with Crippen molar-refractivity contribution in [3.8, 4) is 6.01 Å². The topological polar surface area (TPSA) is 77.2 Å². The summed E-state index contributed by atoms with van der Waals surface area (Å²) in [5.41, 5.74) is 6.15. The number of ether oxygens (including phenoxy) is 1. The molecule has 6 heteroatoms. The lowest BCUT2D eigenvalue weighted by Gasteiger charge is -2.23. The minimum Gasteiger partial charge on any atom is -0.463 e. The standard InChI is InChI=1S/C14H25N5O/c1-4-10-20-13-17-11(15)16-12(18-13)19-8-5-6-14(2,3)7-9-19/h4-10H2,1-3H3,(H2,15,16,17,18). The van der Waals surface area contributed by atoms with E-state index in [1.54, 1.807) is 0 Å². The Labute approximate surface area is 120 Å². The van der Waals surface area contributed by atoms with Crippen molar-refractivity contribution < 1.29 is 4.74 Å². The van der Waals surface area contributed by atoms with Crippen LogP contribution in [-0.2, 0) is 0 Å². The summed E-state index contributed by atoms with van der Waals surface area (Å²) in [6, 6.07) is 0.331. The first-order valence-electron chi connectivity index (χ1n) is 7.39. The second-order valence-corrected chi connectivity index (χ2v) is 6.13. The first-order valence-corrected chi connectivity index (χ1v) is 7.39. The quantitative estimate of drug-likeness (QED) is 0.911. The van der Waals surface area contributed by atoms with E-state index in [0.29, 0.717) is 24.0 Å². The Morgan fingerprint density at radius 3 is 2.75 bits per heavy atom. The number of nitrogens with two attached hydrogens (primary N) is 1. The zero-order valence-corrected chi connectivity index (χ0v) is 12.7. The molecule has 0 bridgehead atoms. The Balaban J connectivity index is 2.13. The average Bonchev–Trinajstić information content (AvgIpc) is 2.57. The predicted octanol–water partition coefficient (Wildman–Crippen LogP) is 2.26. The fourth-order valence-corrected chi connectivity index (χ4v) is 2.38. The van der Waals surface area contributed by atoms with Crippen molar-refractivity contribution in [2.24, 2.45) is 5.41 Å². The van der Waals surface area contributed by atoms with Crippen molar-refractivity contribution in [3.05, 3.63) is 0 Å². The van der Waals surface area contributed by atoms with E-state index in [9.17, 15) is 0 Å². The van der Waals surface area contributed by atoms with Crippen LogP contribution in [0.1, 0.15) is 46.5 Å². The van der Waals surface area contributed by atoms with Gasteiger partial charge in [-0.2, -0.15) is 15.0 Å². The van der Waals surface area contributed by atoms with E-state index in [-0.39, 0.29) is 5.95 Å². The summed E-state index contributed by atoms with van der Waals surface area (Å²) >= 11 is 0. The first-order chi connectivity index (χ1) is 9.50. The van der Waals surface area contributed by atoms with E-state index >= 15 is 0 Å². The molecule has 0 aliphatic carbocycles. The Morgan fingerprint density at radius 2 is 2.00 bits per heavy atom. The van der Waals surface area contributed by atoms with Crippen molar-refractivity contribution in [1.29, 1.82) is 0 Å². The van der Waals surface area contributed by atoms with Crippen molar-refractivity contribution >= 4 is 11.9 Å². The molecule has 0 atom stereocenters. The van der Waals surface area contributed by atoms with E-state index in [2.05, 4.69) is 33.7 Å². The van der Waals surface area contributed by atoms with Gasteiger partial charge in [0, 0.05) is 13.1 Å². The molecule has 0 radical (unpaired) electrons. The summed E-state index contributed by atoms with van der Waals surface area (Å²) in [4.78, 5) is 14.9. The van der Waals surface area contributed by atoms with Crippen LogP contribution in [0.25, 0.3) is 0 Å². The molecule has 112 valence electrons. The van der Waals surface area contributed by atoms with Gasteiger partial charge in [0.1, 0.15) is 0 Å². The van der Waals surface area contributed by atoms with Gasteiger partial charge in [0.05, 0.1) is 6.61 Å². The maximum absolute atomic E-state index is 5.76. The molecule has 0 aromatic carbocycles. The highest BCUT2D eigenvalue weighted by Gasteiger charge is 2.24.